The number of carbonyl (C=O) groups excluding carboxylic acids is 1. The highest BCUT2D eigenvalue weighted by Crippen LogP contribution is 2.19. The van der Waals surface area contributed by atoms with Gasteiger partial charge in [-0.15, -0.1) is 0 Å². The molecule has 0 radical (unpaired) electrons. The van der Waals surface area contributed by atoms with Crippen LogP contribution < -0.4 is 0 Å². The Balaban J connectivity index is 2.53. The quantitative estimate of drug-likeness (QED) is 0.784. The van der Waals surface area contributed by atoms with Crippen LogP contribution in [-0.2, 0) is 9.59 Å². The van der Waals surface area contributed by atoms with Crippen LogP contribution in [0.25, 0.3) is 0 Å². The van der Waals surface area contributed by atoms with Gasteiger partial charge in [-0.25, -0.2) is 0 Å². The summed E-state index contributed by atoms with van der Waals surface area (Å²) >= 11 is 0. The highest BCUT2D eigenvalue weighted by Gasteiger charge is 2.26. The molecular formula is C17H32N2O3. The lowest BCUT2D eigenvalue weighted by atomic mass is 9.98. The van der Waals surface area contributed by atoms with Crippen LogP contribution in [0.1, 0.15) is 53.4 Å². The minimum atomic E-state index is -0.929. The predicted molar refractivity (Wildman–Crippen MR) is 87.7 cm³/mol. The third-order valence-corrected chi connectivity index (χ3v) is 4.38. The number of carbonyl (C=O) groups is 2. The van der Waals surface area contributed by atoms with Crippen molar-refractivity contribution in [2.75, 3.05) is 26.2 Å². The Morgan fingerprint density at radius 1 is 1.23 bits per heavy atom. The Bertz CT molecular complexity index is 371. The molecule has 0 spiro atoms. The van der Waals surface area contributed by atoms with Crippen LogP contribution in [0.2, 0.25) is 0 Å². The van der Waals surface area contributed by atoms with Crippen LogP contribution in [0.5, 0.6) is 0 Å². The third kappa shape index (κ3) is 6.77. The first-order chi connectivity index (χ1) is 10.3. The van der Waals surface area contributed by atoms with Gasteiger partial charge in [0.25, 0.3) is 0 Å². The molecule has 1 aliphatic rings. The summed E-state index contributed by atoms with van der Waals surface area (Å²) in [6, 6.07) is 0.0685. The van der Waals surface area contributed by atoms with Gasteiger partial charge in [-0.05, 0) is 44.1 Å². The summed E-state index contributed by atoms with van der Waals surface area (Å²) in [5, 5.41) is 8.98. The minimum absolute atomic E-state index is 0.0685. The molecule has 2 atom stereocenters. The van der Waals surface area contributed by atoms with Crippen molar-refractivity contribution in [1.82, 2.24) is 9.80 Å². The van der Waals surface area contributed by atoms with Crippen LogP contribution >= 0.6 is 0 Å². The molecule has 1 fully saturated rings. The van der Waals surface area contributed by atoms with E-state index in [9.17, 15) is 9.59 Å². The van der Waals surface area contributed by atoms with Crippen LogP contribution in [0.3, 0.4) is 0 Å². The summed E-state index contributed by atoms with van der Waals surface area (Å²) in [6.07, 6.45) is 4.05. The van der Waals surface area contributed by atoms with Crippen molar-refractivity contribution in [3.63, 3.8) is 0 Å². The Morgan fingerprint density at radius 3 is 2.45 bits per heavy atom. The maximum Gasteiger partial charge on any atom is 0.323 e. The molecule has 0 saturated carbocycles. The van der Waals surface area contributed by atoms with Crippen molar-refractivity contribution in [3.05, 3.63) is 0 Å². The van der Waals surface area contributed by atoms with Gasteiger partial charge in [-0.3, -0.25) is 9.59 Å². The SMILES string of the molecule is CC(=O)N(CC(=O)O)C1CCCN(CC(C)CC(C)C)CC1. The number of hydrogen-bond acceptors (Lipinski definition) is 3. The van der Waals surface area contributed by atoms with Gasteiger partial charge in [0.15, 0.2) is 0 Å². The number of hydrogen-bond donors (Lipinski definition) is 1. The van der Waals surface area contributed by atoms with E-state index in [1.54, 1.807) is 0 Å². The van der Waals surface area contributed by atoms with E-state index in [-0.39, 0.29) is 18.5 Å². The summed E-state index contributed by atoms with van der Waals surface area (Å²) in [7, 11) is 0. The smallest absolute Gasteiger partial charge is 0.323 e. The van der Waals surface area contributed by atoms with Gasteiger partial charge in [0, 0.05) is 26.1 Å². The second-order valence-corrected chi connectivity index (χ2v) is 7.16. The Labute approximate surface area is 134 Å². The molecule has 1 rings (SSSR count). The second kappa shape index (κ2) is 9.13. The van der Waals surface area contributed by atoms with E-state index in [2.05, 4.69) is 25.7 Å². The molecule has 1 amide bonds. The Hall–Kier alpha value is -1.10. The van der Waals surface area contributed by atoms with E-state index in [1.165, 1.54) is 18.2 Å². The van der Waals surface area contributed by atoms with Crippen molar-refractivity contribution >= 4 is 11.9 Å². The maximum atomic E-state index is 11.7. The maximum absolute atomic E-state index is 11.7. The summed E-state index contributed by atoms with van der Waals surface area (Å²) in [5.41, 5.74) is 0. The number of carboxylic acid groups (broad SMARTS) is 1. The molecule has 2 unspecified atom stereocenters. The van der Waals surface area contributed by atoms with E-state index in [4.69, 9.17) is 5.11 Å². The highest BCUT2D eigenvalue weighted by molar-refractivity contribution is 5.79. The number of nitrogens with zero attached hydrogens (tertiary/aromatic N) is 2. The van der Waals surface area contributed by atoms with Gasteiger partial charge in [0.05, 0.1) is 0 Å². The van der Waals surface area contributed by atoms with Gasteiger partial charge in [-0.2, -0.15) is 0 Å². The molecule has 1 saturated heterocycles. The molecule has 22 heavy (non-hydrogen) atoms. The average molecular weight is 312 g/mol. The predicted octanol–water partition coefficient (Wildman–Crippen LogP) is 2.46. The monoisotopic (exact) mass is 312 g/mol. The van der Waals surface area contributed by atoms with E-state index in [0.717, 1.165) is 44.8 Å². The number of amides is 1. The normalized spacial score (nSPS) is 21.4. The van der Waals surface area contributed by atoms with Crippen molar-refractivity contribution in [1.29, 1.82) is 0 Å². The molecule has 128 valence electrons. The van der Waals surface area contributed by atoms with Gasteiger partial charge in [0.2, 0.25) is 5.91 Å². The summed E-state index contributed by atoms with van der Waals surface area (Å²) in [5.74, 6) is 0.342. The second-order valence-electron chi connectivity index (χ2n) is 7.16. The fourth-order valence-corrected chi connectivity index (χ4v) is 3.60. The largest absolute Gasteiger partial charge is 0.480 e. The molecule has 5 heteroatoms. The zero-order valence-corrected chi connectivity index (χ0v) is 14.5. The van der Waals surface area contributed by atoms with E-state index in [0.29, 0.717) is 5.92 Å². The molecule has 0 aromatic carbocycles. The zero-order valence-electron chi connectivity index (χ0n) is 14.5. The first-order valence-corrected chi connectivity index (χ1v) is 8.51. The van der Waals surface area contributed by atoms with Gasteiger partial charge < -0.3 is 14.9 Å². The van der Waals surface area contributed by atoms with Crippen LogP contribution in [0.4, 0.5) is 0 Å². The van der Waals surface area contributed by atoms with Crippen LogP contribution in [0.15, 0.2) is 0 Å². The van der Waals surface area contributed by atoms with E-state index < -0.39 is 5.97 Å². The molecule has 1 N–H and O–H groups in total. The van der Waals surface area contributed by atoms with E-state index in [1.807, 2.05) is 0 Å². The van der Waals surface area contributed by atoms with Gasteiger partial charge in [-0.1, -0.05) is 20.8 Å². The van der Waals surface area contributed by atoms with Crippen molar-refractivity contribution in [3.8, 4) is 0 Å². The fraction of sp³-hybridized carbons (Fsp3) is 0.882. The molecule has 5 nitrogen and oxygen atoms in total. The third-order valence-electron chi connectivity index (χ3n) is 4.38. The average Bonchev–Trinajstić information content (AvgIpc) is 2.60. The zero-order chi connectivity index (χ0) is 16.7. The molecule has 0 bridgehead atoms. The summed E-state index contributed by atoms with van der Waals surface area (Å²) < 4.78 is 0. The lowest BCUT2D eigenvalue weighted by molar-refractivity contribution is -0.145. The Morgan fingerprint density at radius 2 is 1.91 bits per heavy atom. The van der Waals surface area contributed by atoms with Crippen LogP contribution in [-0.4, -0.2) is 59.0 Å². The lowest BCUT2D eigenvalue weighted by Gasteiger charge is -2.29. The minimum Gasteiger partial charge on any atom is -0.480 e. The summed E-state index contributed by atoms with van der Waals surface area (Å²) in [6.45, 7) is 11.2. The van der Waals surface area contributed by atoms with Crippen molar-refractivity contribution in [2.24, 2.45) is 11.8 Å². The first kappa shape index (κ1) is 18.9. The molecule has 0 aromatic rings. The van der Waals surface area contributed by atoms with Gasteiger partial charge >= 0.3 is 5.97 Å². The molecule has 1 heterocycles. The standard InChI is InChI=1S/C17H32N2O3/c1-13(2)10-14(3)11-18-8-5-6-16(7-9-18)19(15(4)20)12-17(21)22/h13-14,16H,5-12H2,1-4H3,(H,21,22). The number of likely N-dealkylation sites (tertiary alicyclic amines) is 1. The molecule has 0 aliphatic carbocycles. The topological polar surface area (TPSA) is 60.9 Å². The van der Waals surface area contributed by atoms with Crippen molar-refractivity contribution in [2.45, 2.75) is 59.4 Å². The fourth-order valence-electron chi connectivity index (χ4n) is 3.60. The number of rotatable bonds is 7. The van der Waals surface area contributed by atoms with Crippen molar-refractivity contribution < 1.29 is 14.7 Å². The number of carboxylic acids is 1. The molecule has 1 aliphatic heterocycles. The Kier molecular flexibility index (Phi) is 7.87. The van der Waals surface area contributed by atoms with Gasteiger partial charge in [0.1, 0.15) is 6.54 Å². The molecular weight excluding hydrogens is 280 g/mol. The first-order valence-electron chi connectivity index (χ1n) is 8.51. The summed E-state index contributed by atoms with van der Waals surface area (Å²) in [4.78, 5) is 26.7. The highest BCUT2D eigenvalue weighted by atomic mass is 16.4. The van der Waals surface area contributed by atoms with E-state index >= 15 is 0 Å². The number of aliphatic carboxylic acids is 1. The van der Waals surface area contributed by atoms with Crippen LogP contribution in [0, 0.1) is 11.8 Å². The molecule has 0 aromatic heterocycles. The lowest BCUT2D eigenvalue weighted by Crippen LogP contribution is -2.42.